The summed E-state index contributed by atoms with van der Waals surface area (Å²) in [5.74, 6) is -0.735. The van der Waals surface area contributed by atoms with Crippen LogP contribution in [0.4, 0.5) is 11.4 Å². The van der Waals surface area contributed by atoms with Crippen molar-refractivity contribution in [1.82, 2.24) is 5.43 Å². The van der Waals surface area contributed by atoms with Crippen LogP contribution in [0, 0.1) is 17.0 Å². The van der Waals surface area contributed by atoms with Gasteiger partial charge in [-0.2, -0.15) is 5.10 Å². The fourth-order valence-electron chi connectivity index (χ4n) is 2.10. The number of amides is 2. The molecule has 2 amide bonds. The number of nitrogens with zero attached hydrogens (tertiary/aromatic N) is 2. The molecule has 0 fully saturated rings. The number of nitro groups is 1. The monoisotopic (exact) mass is 388 g/mol. The average Bonchev–Trinajstić information content (AvgIpc) is 2.64. The third-order valence-corrected chi connectivity index (χ3v) is 4.04. The van der Waals surface area contributed by atoms with Crippen molar-refractivity contribution in [3.63, 3.8) is 0 Å². The van der Waals surface area contributed by atoms with Crippen molar-refractivity contribution in [1.29, 1.82) is 0 Å². The highest BCUT2D eigenvalue weighted by atomic mass is 35.5. The van der Waals surface area contributed by atoms with Crippen LogP contribution in [0.5, 0.6) is 0 Å². The summed E-state index contributed by atoms with van der Waals surface area (Å²) in [6.07, 6.45) is 1.31. The fourth-order valence-corrected chi connectivity index (χ4v) is 2.27. The molecule has 0 aliphatic rings. The Labute approximate surface area is 160 Å². The molecule has 0 atom stereocenters. The van der Waals surface area contributed by atoms with E-state index < -0.39 is 10.8 Å². The zero-order valence-electron chi connectivity index (χ0n) is 14.4. The Balaban J connectivity index is 1.77. The van der Waals surface area contributed by atoms with Crippen LogP contribution in [0.15, 0.2) is 47.6 Å². The van der Waals surface area contributed by atoms with Gasteiger partial charge in [0.2, 0.25) is 11.8 Å². The van der Waals surface area contributed by atoms with Gasteiger partial charge in [-0.1, -0.05) is 17.7 Å². The standard InChI is InChI=1S/C18H17ClN4O4/c1-12-15(19)3-2-4-16(12)21-17(24)9-10-18(25)22-20-11-13-5-7-14(8-6-13)23(26)27/h2-8,11H,9-10H2,1H3,(H,21,24)(H,22,25). The minimum Gasteiger partial charge on any atom is -0.326 e. The van der Waals surface area contributed by atoms with Crippen molar-refractivity contribution in [2.24, 2.45) is 5.10 Å². The van der Waals surface area contributed by atoms with Gasteiger partial charge in [0.05, 0.1) is 11.1 Å². The number of carbonyl (C=O) groups is 2. The van der Waals surface area contributed by atoms with E-state index in [-0.39, 0.29) is 24.4 Å². The van der Waals surface area contributed by atoms with Crippen LogP contribution in [0.2, 0.25) is 5.02 Å². The van der Waals surface area contributed by atoms with E-state index in [1.165, 1.54) is 30.5 Å². The number of anilines is 1. The second-order valence-corrected chi connectivity index (χ2v) is 6.01. The quantitative estimate of drug-likeness (QED) is 0.429. The molecular formula is C18H17ClN4O4. The molecule has 9 heteroatoms. The normalized spacial score (nSPS) is 10.6. The van der Waals surface area contributed by atoms with E-state index in [2.05, 4.69) is 15.8 Å². The zero-order chi connectivity index (χ0) is 19.8. The van der Waals surface area contributed by atoms with Crippen molar-refractivity contribution in [3.8, 4) is 0 Å². The first-order chi connectivity index (χ1) is 12.9. The Morgan fingerprint density at radius 3 is 2.48 bits per heavy atom. The number of hydrazone groups is 1. The van der Waals surface area contributed by atoms with Gasteiger partial charge >= 0.3 is 0 Å². The van der Waals surface area contributed by atoms with Gasteiger partial charge in [0.15, 0.2) is 0 Å². The van der Waals surface area contributed by atoms with Gasteiger partial charge in [-0.15, -0.1) is 0 Å². The molecule has 0 aliphatic heterocycles. The van der Waals surface area contributed by atoms with Crippen molar-refractivity contribution >= 4 is 41.0 Å². The van der Waals surface area contributed by atoms with Gasteiger partial charge in [0.25, 0.3) is 5.69 Å². The number of nitro benzene ring substituents is 1. The van der Waals surface area contributed by atoms with Crippen molar-refractivity contribution in [2.45, 2.75) is 19.8 Å². The minimum atomic E-state index is -0.501. The number of nitrogens with one attached hydrogen (secondary N) is 2. The Hall–Kier alpha value is -3.26. The van der Waals surface area contributed by atoms with Crippen LogP contribution in [0.3, 0.4) is 0 Å². The smallest absolute Gasteiger partial charge is 0.269 e. The predicted octanol–water partition coefficient (Wildman–Crippen LogP) is 3.43. The number of hydrogen-bond donors (Lipinski definition) is 2. The Kier molecular flexibility index (Phi) is 7.01. The number of non-ortho nitro benzene ring substituents is 1. The number of rotatable bonds is 7. The second-order valence-electron chi connectivity index (χ2n) is 5.60. The molecule has 2 aromatic carbocycles. The third kappa shape index (κ3) is 6.19. The molecule has 0 saturated carbocycles. The van der Waals surface area contributed by atoms with Crippen LogP contribution in [-0.4, -0.2) is 23.0 Å². The molecule has 0 spiro atoms. The van der Waals surface area contributed by atoms with Crippen LogP contribution >= 0.6 is 11.6 Å². The van der Waals surface area contributed by atoms with E-state index in [0.29, 0.717) is 16.3 Å². The van der Waals surface area contributed by atoms with Crippen LogP contribution in [-0.2, 0) is 9.59 Å². The molecule has 2 aromatic rings. The Bertz CT molecular complexity index is 881. The number of halogens is 1. The van der Waals surface area contributed by atoms with Gasteiger partial charge in [0, 0.05) is 35.7 Å². The molecule has 0 bridgehead atoms. The van der Waals surface area contributed by atoms with E-state index in [0.717, 1.165) is 5.56 Å². The maximum absolute atomic E-state index is 11.9. The fraction of sp³-hybridized carbons (Fsp3) is 0.167. The molecule has 140 valence electrons. The third-order valence-electron chi connectivity index (χ3n) is 3.63. The lowest BCUT2D eigenvalue weighted by atomic mass is 10.2. The SMILES string of the molecule is Cc1c(Cl)cccc1NC(=O)CCC(=O)NN=Cc1ccc([N+](=O)[O-])cc1. The van der Waals surface area contributed by atoms with Crippen molar-refractivity contribution in [2.75, 3.05) is 5.32 Å². The van der Waals surface area contributed by atoms with Gasteiger partial charge < -0.3 is 5.32 Å². The summed E-state index contributed by atoms with van der Waals surface area (Å²) in [6.45, 7) is 1.79. The van der Waals surface area contributed by atoms with Crippen LogP contribution in [0.1, 0.15) is 24.0 Å². The lowest BCUT2D eigenvalue weighted by Gasteiger charge is -2.09. The highest BCUT2D eigenvalue weighted by molar-refractivity contribution is 6.31. The average molecular weight is 389 g/mol. The first-order valence-corrected chi connectivity index (χ1v) is 8.36. The molecule has 0 aromatic heterocycles. The second kappa shape index (κ2) is 9.44. The van der Waals surface area contributed by atoms with Gasteiger partial charge in [-0.25, -0.2) is 5.43 Å². The Morgan fingerprint density at radius 2 is 1.81 bits per heavy atom. The molecule has 2 rings (SSSR count). The summed E-state index contributed by atoms with van der Waals surface area (Å²) < 4.78 is 0. The zero-order valence-corrected chi connectivity index (χ0v) is 15.2. The number of hydrogen-bond acceptors (Lipinski definition) is 5. The van der Waals surface area contributed by atoms with E-state index >= 15 is 0 Å². The summed E-state index contributed by atoms with van der Waals surface area (Å²) in [4.78, 5) is 33.7. The van der Waals surface area contributed by atoms with E-state index in [9.17, 15) is 19.7 Å². The number of benzene rings is 2. The maximum Gasteiger partial charge on any atom is 0.269 e. The van der Waals surface area contributed by atoms with E-state index in [4.69, 9.17) is 11.6 Å². The Morgan fingerprint density at radius 1 is 1.15 bits per heavy atom. The maximum atomic E-state index is 11.9. The molecule has 2 N–H and O–H groups in total. The molecular weight excluding hydrogens is 372 g/mol. The van der Waals surface area contributed by atoms with Gasteiger partial charge in [0.1, 0.15) is 0 Å². The first-order valence-electron chi connectivity index (χ1n) is 7.98. The topological polar surface area (TPSA) is 114 Å². The summed E-state index contributed by atoms with van der Waals surface area (Å²) in [5, 5.41) is 17.6. The first kappa shape index (κ1) is 20.1. The molecule has 27 heavy (non-hydrogen) atoms. The van der Waals surface area contributed by atoms with E-state index in [1.807, 2.05) is 0 Å². The molecule has 0 aliphatic carbocycles. The largest absolute Gasteiger partial charge is 0.326 e. The molecule has 0 unspecified atom stereocenters. The van der Waals surface area contributed by atoms with Gasteiger partial charge in [-0.05, 0) is 42.3 Å². The molecule has 0 heterocycles. The van der Waals surface area contributed by atoms with Crippen molar-refractivity contribution < 1.29 is 14.5 Å². The lowest BCUT2D eigenvalue weighted by molar-refractivity contribution is -0.384. The molecule has 0 saturated heterocycles. The summed E-state index contributed by atoms with van der Waals surface area (Å²) in [5.41, 5.74) is 4.22. The number of carbonyl (C=O) groups excluding carboxylic acids is 2. The summed E-state index contributed by atoms with van der Waals surface area (Å²) in [6, 6.07) is 10.9. The molecule has 8 nitrogen and oxygen atoms in total. The summed E-state index contributed by atoms with van der Waals surface area (Å²) in [7, 11) is 0. The summed E-state index contributed by atoms with van der Waals surface area (Å²) >= 11 is 5.99. The van der Waals surface area contributed by atoms with E-state index in [1.54, 1.807) is 25.1 Å². The van der Waals surface area contributed by atoms with Crippen LogP contribution in [0.25, 0.3) is 0 Å². The van der Waals surface area contributed by atoms with Crippen LogP contribution < -0.4 is 10.7 Å². The lowest BCUT2D eigenvalue weighted by Crippen LogP contribution is -2.20. The predicted molar refractivity (Wildman–Crippen MR) is 103 cm³/mol. The molecule has 0 radical (unpaired) electrons. The minimum absolute atomic E-state index is 0.00909. The van der Waals surface area contributed by atoms with Crippen molar-refractivity contribution in [3.05, 3.63) is 68.7 Å². The highest BCUT2D eigenvalue weighted by Crippen LogP contribution is 2.23. The van der Waals surface area contributed by atoms with Gasteiger partial charge in [-0.3, -0.25) is 19.7 Å². The highest BCUT2D eigenvalue weighted by Gasteiger charge is 2.09.